The minimum Gasteiger partial charge on any atom is -0.489 e. The maximum atomic E-state index is 12.5. The number of amides is 1. The van der Waals surface area contributed by atoms with E-state index in [4.69, 9.17) is 4.74 Å². The zero-order chi connectivity index (χ0) is 18.6. The van der Waals surface area contributed by atoms with Gasteiger partial charge in [-0.3, -0.25) is 9.78 Å². The maximum Gasteiger partial charge on any atom is 0.241 e. The third kappa shape index (κ3) is 4.09. The number of aromatic nitrogens is 1. The summed E-state index contributed by atoms with van der Waals surface area (Å²) in [6.45, 7) is 2.77. The van der Waals surface area contributed by atoms with Crippen molar-refractivity contribution in [3.63, 3.8) is 0 Å². The second kappa shape index (κ2) is 7.76. The second-order valence-electron chi connectivity index (χ2n) is 6.86. The van der Waals surface area contributed by atoms with Crippen LogP contribution in [0.3, 0.4) is 0 Å². The highest BCUT2D eigenvalue weighted by Gasteiger charge is 2.30. The number of pyridine rings is 1. The largest absolute Gasteiger partial charge is 0.489 e. The van der Waals surface area contributed by atoms with E-state index < -0.39 is 0 Å². The van der Waals surface area contributed by atoms with Gasteiger partial charge >= 0.3 is 0 Å². The van der Waals surface area contributed by atoms with Crippen LogP contribution in [0.4, 0.5) is 5.69 Å². The van der Waals surface area contributed by atoms with Crippen molar-refractivity contribution in [3.8, 4) is 5.75 Å². The molecule has 1 saturated heterocycles. The molecule has 0 saturated carbocycles. The number of hydrogen-bond donors (Lipinski definition) is 2. The number of benzene rings is 2. The first-order valence-electron chi connectivity index (χ1n) is 9.35. The molecular weight excluding hydrogens is 338 g/mol. The molecule has 0 aliphatic carbocycles. The van der Waals surface area contributed by atoms with E-state index in [-0.39, 0.29) is 18.1 Å². The summed E-state index contributed by atoms with van der Waals surface area (Å²) in [5.41, 5.74) is 2.08. The number of anilines is 1. The van der Waals surface area contributed by atoms with E-state index in [1.807, 2.05) is 54.7 Å². The van der Waals surface area contributed by atoms with Crippen molar-refractivity contribution in [3.05, 3.63) is 66.5 Å². The van der Waals surface area contributed by atoms with Gasteiger partial charge < -0.3 is 15.4 Å². The summed E-state index contributed by atoms with van der Waals surface area (Å²) in [4.78, 5) is 16.6. The van der Waals surface area contributed by atoms with Gasteiger partial charge in [0.1, 0.15) is 11.9 Å². The number of carbonyl (C=O) groups is 1. The highest BCUT2D eigenvalue weighted by molar-refractivity contribution is 5.95. The van der Waals surface area contributed by atoms with Crippen LogP contribution in [0.2, 0.25) is 0 Å². The summed E-state index contributed by atoms with van der Waals surface area (Å²) in [7, 11) is 0. The van der Waals surface area contributed by atoms with Gasteiger partial charge in [0, 0.05) is 36.4 Å². The van der Waals surface area contributed by atoms with Crippen LogP contribution in [0, 0.1) is 0 Å². The Labute approximate surface area is 158 Å². The fourth-order valence-electron chi connectivity index (χ4n) is 3.37. The highest BCUT2D eigenvalue weighted by atomic mass is 16.5. The molecule has 2 heterocycles. The molecule has 4 rings (SSSR count). The quantitative estimate of drug-likeness (QED) is 0.730. The molecule has 5 nitrogen and oxygen atoms in total. The average Bonchev–Trinajstić information content (AvgIpc) is 3.17. The van der Waals surface area contributed by atoms with E-state index in [9.17, 15) is 4.79 Å². The molecule has 0 bridgehead atoms. The summed E-state index contributed by atoms with van der Waals surface area (Å²) in [6.07, 6.45) is 5.22. The molecule has 2 atom stereocenters. The number of carbonyl (C=O) groups excluding carboxylic acids is 1. The second-order valence-corrected chi connectivity index (χ2v) is 6.86. The Kier molecular flexibility index (Phi) is 5.03. The molecule has 27 heavy (non-hydrogen) atoms. The van der Waals surface area contributed by atoms with E-state index in [2.05, 4.69) is 22.5 Å². The first-order chi connectivity index (χ1) is 13.2. The van der Waals surface area contributed by atoms with E-state index in [1.54, 1.807) is 6.20 Å². The summed E-state index contributed by atoms with van der Waals surface area (Å²) in [6, 6.07) is 15.7. The summed E-state index contributed by atoms with van der Waals surface area (Å²) in [5.74, 6) is 0.798. The predicted octanol–water partition coefficient (Wildman–Crippen LogP) is 3.55. The van der Waals surface area contributed by atoms with Gasteiger partial charge in [-0.05, 0) is 53.8 Å². The van der Waals surface area contributed by atoms with Crippen LogP contribution in [-0.4, -0.2) is 29.6 Å². The van der Waals surface area contributed by atoms with Crippen LogP contribution in [-0.2, 0) is 11.2 Å². The Morgan fingerprint density at radius 2 is 2.04 bits per heavy atom. The van der Waals surface area contributed by atoms with E-state index in [0.717, 1.165) is 28.6 Å². The highest BCUT2D eigenvalue weighted by Crippen LogP contribution is 2.23. The summed E-state index contributed by atoms with van der Waals surface area (Å²) >= 11 is 0. The molecule has 1 amide bonds. The standard InChI is InChI=1S/C22H23N3O2/c1-2-15-3-6-18(7-4-15)25-22(26)21-12-20(14-24-21)27-19-8-5-17-13-23-10-9-16(17)11-19/h3-11,13,20-21,24H,2,12,14H2,1H3,(H,25,26)/t20-,21+/m1/s1. The number of fused-ring (bicyclic) bond motifs is 1. The Bertz CT molecular complexity index is 940. The molecule has 2 N–H and O–H groups in total. The molecule has 1 fully saturated rings. The third-order valence-corrected chi connectivity index (χ3v) is 4.95. The molecule has 0 radical (unpaired) electrons. The number of rotatable bonds is 5. The third-order valence-electron chi connectivity index (χ3n) is 4.95. The van der Waals surface area contributed by atoms with Crippen LogP contribution in [0.15, 0.2) is 60.9 Å². The molecule has 1 aliphatic rings. The zero-order valence-electron chi connectivity index (χ0n) is 15.3. The molecule has 1 aromatic heterocycles. The Morgan fingerprint density at radius 3 is 2.85 bits per heavy atom. The molecule has 2 aromatic carbocycles. The van der Waals surface area contributed by atoms with Crippen LogP contribution in [0.25, 0.3) is 10.8 Å². The van der Waals surface area contributed by atoms with Gasteiger partial charge in [-0.2, -0.15) is 0 Å². The topological polar surface area (TPSA) is 63.2 Å². The van der Waals surface area contributed by atoms with Crippen molar-refractivity contribution in [2.24, 2.45) is 0 Å². The van der Waals surface area contributed by atoms with Crippen LogP contribution < -0.4 is 15.4 Å². The normalized spacial score (nSPS) is 19.1. The van der Waals surface area contributed by atoms with Crippen molar-refractivity contribution in [2.45, 2.75) is 31.9 Å². The van der Waals surface area contributed by atoms with Crippen molar-refractivity contribution in [1.29, 1.82) is 0 Å². The first-order valence-corrected chi connectivity index (χ1v) is 9.35. The molecule has 138 valence electrons. The Hall–Kier alpha value is -2.92. The minimum absolute atomic E-state index is 0.0186. The van der Waals surface area contributed by atoms with Gasteiger partial charge in [-0.1, -0.05) is 19.1 Å². The van der Waals surface area contributed by atoms with Gasteiger partial charge in [-0.25, -0.2) is 0 Å². The van der Waals surface area contributed by atoms with Gasteiger partial charge in [0.25, 0.3) is 0 Å². The lowest BCUT2D eigenvalue weighted by molar-refractivity contribution is -0.117. The van der Waals surface area contributed by atoms with Crippen molar-refractivity contribution < 1.29 is 9.53 Å². The van der Waals surface area contributed by atoms with E-state index in [0.29, 0.717) is 13.0 Å². The van der Waals surface area contributed by atoms with Crippen LogP contribution >= 0.6 is 0 Å². The Balaban J connectivity index is 1.35. The van der Waals surface area contributed by atoms with Gasteiger partial charge in [0.05, 0.1) is 6.04 Å². The molecule has 0 unspecified atom stereocenters. The van der Waals surface area contributed by atoms with E-state index in [1.165, 1.54) is 5.56 Å². The number of ether oxygens (including phenoxy) is 1. The molecule has 0 spiro atoms. The summed E-state index contributed by atoms with van der Waals surface area (Å²) < 4.78 is 6.08. The number of hydrogen-bond acceptors (Lipinski definition) is 4. The lowest BCUT2D eigenvalue weighted by atomic mass is 10.1. The average molecular weight is 361 g/mol. The lowest BCUT2D eigenvalue weighted by Crippen LogP contribution is -2.35. The van der Waals surface area contributed by atoms with Gasteiger partial charge in [-0.15, -0.1) is 0 Å². The van der Waals surface area contributed by atoms with Gasteiger partial charge in [0.2, 0.25) is 5.91 Å². The smallest absolute Gasteiger partial charge is 0.241 e. The molecule has 1 aliphatic heterocycles. The van der Waals surface area contributed by atoms with Crippen LogP contribution in [0.1, 0.15) is 18.9 Å². The van der Waals surface area contributed by atoms with E-state index >= 15 is 0 Å². The lowest BCUT2D eigenvalue weighted by Gasteiger charge is -2.14. The van der Waals surface area contributed by atoms with Crippen molar-refractivity contribution in [2.75, 3.05) is 11.9 Å². The fraction of sp³-hybridized carbons (Fsp3) is 0.273. The Morgan fingerprint density at radius 1 is 1.19 bits per heavy atom. The molecule has 3 aromatic rings. The number of aryl methyl sites for hydroxylation is 1. The minimum atomic E-state index is -0.245. The number of nitrogens with one attached hydrogen (secondary N) is 2. The summed E-state index contributed by atoms with van der Waals surface area (Å²) in [5, 5.41) is 8.42. The van der Waals surface area contributed by atoms with Crippen molar-refractivity contribution in [1.82, 2.24) is 10.3 Å². The predicted molar refractivity (Wildman–Crippen MR) is 107 cm³/mol. The van der Waals surface area contributed by atoms with Crippen molar-refractivity contribution >= 4 is 22.4 Å². The zero-order valence-corrected chi connectivity index (χ0v) is 15.3. The fourth-order valence-corrected chi connectivity index (χ4v) is 3.37. The SMILES string of the molecule is CCc1ccc(NC(=O)[C@@H]2C[C@@H](Oc3ccc4cnccc4c3)CN2)cc1. The first kappa shape index (κ1) is 17.5. The monoisotopic (exact) mass is 361 g/mol. The number of nitrogens with zero attached hydrogens (tertiary/aromatic N) is 1. The maximum absolute atomic E-state index is 12.5. The molecular formula is C22H23N3O2. The van der Waals surface area contributed by atoms with Gasteiger partial charge in [0.15, 0.2) is 0 Å². The molecule has 5 heteroatoms. The van der Waals surface area contributed by atoms with Crippen LogP contribution in [0.5, 0.6) is 5.75 Å².